The molecular weight excluding hydrogens is 300 g/mol. The summed E-state index contributed by atoms with van der Waals surface area (Å²) in [5.74, 6) is 0.399. The second kappa shape index (κ2) is 6.78. The minimum absolute atomic E-state index is 0.332. The van der Waals surface area contributed by atoms with Gasteiger partial charge in [0.2, 0.25) is 5.89 Å². The Labute approximate surface area is 125 Å². The highest BCUT2D eigenvalue weighted by atomic mass is 35.5. The van der Waals surface area contributed by atoms with E-state index in [1.807, 2.05) is 12.1 Å². The van der Waals surface area contributed by atoms with Crippen molar-refractivity contribution in [2.24, 2.45) is 5.73 Å². The number of hydrogen-bond acceptors (Lipinski definition) is 5. The first-order valence-electron chi connectivity index (χ1n) is 5.82. The van der Waals surface area contributed by atoms with Gasteiger partial charge in [0.25, 0.3) is 0 Å². The van der Waals surface area contributed by atoms with Crippen molar-refractivity contribution in [3.63, 3.8) is 0 Å². The van der Waals surface area contributed by atoms with E-state index in [4.69, 9.17) is 26.9 Å². The van der Waals surface area contributed by atoms with E-state index in [1.165, 1.54) is 11.8 Å². The third-order valence-corrected chi connectivity index (χ3v) is 3.85. The molecule has 0 saturated carbocycles. The molecular formula is C13H13ClN2O3S. The molecule has 0 bridgehead atoms. The monoisotopic (exact) mass is 312 g/mol. The fourth-order valence-electron chi connectivity index (χ4n) is 1.46. The standard InChI is InChI=1S/C13H13ClN2O3S/c14-9-3-1-8(2-4-9)12-16-10(5-19-12)6-20-7-11(15)13(17)18/h1-5,11H,6-7,15H2,(H,17,18). The highest BCUT2D eigenvalue weighted by Gasteiger charge is 2.12. The molecule has 1 heterocycles. The Bertz CT molecular complexity index is 586. The number of aromatic nitrogens is 1. The van der Waals surface area contributed by atoms with Gasteiger partial charge in [0.1, 0.15) is 12.3 Å². The van der Waals surface area contributed by atoms with Gasteiger partial charge in [-0.3, -0.25) is 4.79 Å². The van der Waals surface area contributed by atoms with Crippen LogP contribution < -0.4 is 5.73 Å². The van der Waals surface area contributed by atoms with E-state index < -0.39 is 12.0 Å². The zero-order chi connectivity index (χ0) is 14.5. The number of rotatable bonds is 6. The predicted octanol–water partition coefficient (Wildman–Crippen LogP) is 2.64. The lowest BCUT2D eigenvalue weighted by Crippen LogP contribution is -2.32. The average molecular weight is 313 g/mol. The second-order valence-corrected chi connectivity index (χ2v) is 5.58. The summed E-state index contributed by atoms with van der Waals surface area (Å²) < 4.78 is 5.38. The molecule has 0 fully saturated rings. The van der Waals surface area contributed by atoms with Crippen molar-refractivity contribution < 1.29 is 14.3 Å². The van der Waals surface area contributed by atoms with Gasteiger partial charge >= 0.3 is 5.97 Å². The smallest absolute Gasteiger partial charge is 0.321 e. The molecule has 1 atom stereocenters. The molecule has 0 aliphatic heterocycles. The van der Waals surface area contributed by atoms with Gasteiger partial charge in [-0.15, -0.1) is 0 Å². The summed E-state index contributed by atoms with van der Waals surface area (Å²) in [5, 5.41) is 9.32. The molecule has 0 aliphatic carbocycles. The summed E-state index contributed by atoms with van der Waals surface area (Å²) in [6, 6.07) is 6.32. The van der Waals surface area contributed by atoms with Gasteiger partial charge in [-0.2, -0.15) is 11.8 Å². The van der Waals surface area contributed by atoms with Gasteiger partial charge in [0.15, 0.2) is 0 Å². The van der Waals surface area contributed by atoms with Crippen LogP contribution in [0, 0.1) is 0 Å². The fourth-order valence-corrected chi connectivity index (χ4v) is 2.44. The molecule has 2 rings (SSSR count). The van der Waals surface area contributed by atoms with Crippen molar-refractivity contribution in [2.75, 3.05) is 5.75 Å². The number of nitrogens with two attached hydrogens (primary N) is 1. The highest BCUT2D eigenvalue weighted by Crippen LogP contribution is 2.22. The Morgan fingerprint density at radius 3 is 2.80 bits per heavy atom. The molecule has 1 aromatic heterocycles. The number of nitrogens with zero attached hydrogens (tertiary/aromatic N) is 1. The van der Waals surface area contributed by atoms with Gasteiger partial charge in [-0.25, -0.2) is 4.98 Å². The molecule has 0 saturated heterocycles. The third kappa shape index (κ3) is 4.00. The first-order chi connectivity index (χ1) is 9.56. The molecule has 5 nitrogen and oxygen atoms in total. The van der Waals surface area contributed by atoms with Gasteiger partial charge in [-0.1, -0.05) is 11.6 Å². The number of carboxylic acids is 1. The molecule has 0 amide bonds. The van der Waals surface area contributed by atoms with Gasteiger partial charge in [0, 0.05) is 22.1 Å². The Morgan fingerprint density at radius 1 is 1.45 bits per heavy atom. The molecule has 20 heavy (non-hydrogen) atoms. The lowest BCUT2D eigenvalue weighted by atomic mass is 10.2. The van der Waals surface area contributed by atoms with E-state index in [2.05, 4.69) is 4.98 Å². The molecule has 106 valence electrons. The Morgan fingerprint density at radius 2 is 2.15 bits per heavy atom. The van der Waals surface area contributed by atoms with Crippen molar-refractivity contribution in [3.05, 3.63) is 41.2 Å². The van der Waals surface area contributed by atoms with Crippen molar-refractivity contribution in [1.82, 2.24) is 4.98 Å². The maximum absolute atomic E-state index is 10.6. The number of hydrogen-bond donors (Lipinski definition) is 2. The van der Waals surface area contributed by atoms with Gasteiger partial charge in [0.05, 0.1) is 5.69 Å². The summed E-state index contributed by atoms with van der Waals surface area (Å²) in [6.45, 7) is 0. The number of benzene rings is 1. The number of oxazole rings is 1. The zero-order valence-electron chi connectivity index (χ0n) is 10.5. The number of aliphatic carboxylic acids is 1. The van der Waals surface area contributed by atoms with Crippen molar-refractivity contribution in [2.45, 2.75) is 11.8 Å². The molecule has 0 spiro atoms. The zero-order valence-corrected chi connectivity index (χ0v) is 12.0. The second-order valence-electron chi connectivity index (χ2n) is 4.11. The Kier molecular flexibility index (Phi) is 5.05. The summed E-state index contributed by atoms with van der Waals surface area (Å²) >= 11 is 7.22. The molecule has 0 radical (unpaired) electrons. The van der Waals surface area contributed by atoms with E-state index in [0.717, 1.165) is 11.3 Å². The van der Waals surface area contributed by atoms with E-state index >= 15 is 0 Å². The van der Waals surface area contributed by atoms with E-state index in [-0.39, 0.29) is 0 Å². The number of halogens is 1. The third-order valence-electron chi connectivity index (χ3n) is 2.51. The van der Waals surface area contributed by atoms with Crippen molar-refractivity contribution in [3.8, 4) is 11.5 Å². The maximum atomic E-state index is 10.6. The highest BCUT2D eigenvalue weighted by molar-refractivity contribution is 7.98. The largest absolute Gasteiger partial charge is 0.480 e. The van der Waals surface area contributed by atoms with Crippen LogP contribution in [0.5, 0.6) is 0 Å². The number of carboxylic acid groups (broad SMARTS) is 1. The molecule has 1 aromatic carbocycles. The van der Waals surface area contributed by atoms with Crippen LogP contribution >= 0.6 is 23.4 Å². The van der Waals surface area contributed by atoms with Crippen LogP contribution in [-0.2, 0) is 10.5 Å². The molecule has 1 unspecified atom stereocenters. The normalized spacial score (nSPS) is 12.3. The summed E-state index contributed by atoms with van der Waals surface area (Å²) in [4.78, 5) is 14.9. The van der Waals surface area contributed by atoms with Crippen LogP contribution in [0.25, 0.3) is 11.5 Å². The molecule has 3 N–H and O–H groups in total. The summed E-state index contributed by atoms with van der Waals surface area (Å²) in [5.41, 5.74) is 7.00. The van der Waals surface area contributed by atoms with E-state index in [0.29, 0.717) is 22.4 Å². The van der Waals surface area contributed by atoms with Crippen molar-refractivity contribution >= 4 is 29.3 Å². The van der Waals surface area contributed by atoms with Crippen molar-refractivity contribution in [1.29, 1.82) is 0 Å². The van der Waals surface area contributed by atoms with Crippen LogP contribution in [0.15, 0.2) is 34.9 Å². The SMILES string of the molecule is NC(CSCc1coc(-c2ccc(Cl)cc2)n1)C(=O)O. The van der Waals surface area contributed by atoms with E-state index in [1.54, 1.807) is 18.4 Å². The van der Waals surface area contributed by atoms with Crippen LogP contribution in [-0.4, -0.2) is 27.9 Å². The van der Waals surface area contributed by atoms with Crippen LogP contribution in [0.4, 0.5) is 0 Å². The quantitative estimate of drug-likeness (QED) is 0.852. The summed E-state index contributed by atoms with van der Waals surface area (Å²) in [6.07, 6.45) is 1.56. The van der Waals surface area contributed by atoms with E-state index in [9.17, 15) is 4.79 Å². The maximum Gasteiger partial charge on any atom is 0.321 e. The average Bonchev–Trinajstić information content (AvgIpc) is 2.88. The fraction of sp³-hybridized carbons (Fsp3) is 0.231. The lowest BCUT2D eigenvalue weighted by Gasteiger charge is -2.03. The minimum atomic E-state index is -1.00. The predicted molar refractivity (Wildman–Crippen MR) is 78.7 cm³/mol. The van der Waals surface area contributed by atoms with Crippen LogP contribution in [0.1, 0.15) is 5.69 Å². The van der Waals surface area contributed by atoms with Crippen LogP contribution in [0.3, 0.4) is 0 Å². The minimum Gasteiger partial charge on any atom is -0.480 e. The molecule has 2 aromatic rings. The van der Waals surface area contributed by atoms with Crippen LogP contribution in [0.2, 0.25) is 5.02 Å². The molecule has 7 heteroatoms. The number of carbonyl (C=O) groups is 1. The topological polar surface area (TPSA) is 89.4 Å². The molecule has 0 aliphatic rings. The summed E-state index contributed by atoms with van der Waals surface area (Å²) in [7, 11) is 0. The lowest BCUT2D eigenvalue weighted by molar-refractivity contribution is -0.137. The van der Waals surface area contributed by atoms with Gasteiger partial charge in [-0.05, 0) is 24.3 Å². The Hall–Kier alpha value is -1.50. The number of thioether (sulfide) groups is 1. The first-order valence-corrected chi connectivity index (χ1v) is 7.36. The Balaban J connectivity index is 1.92. The first kappa shape index (κ1) is 14.9. The van der Waals surface area contributed by atoms with Gasteiger partial charge < -0.3 is 15.3 Å².